The molecule has 0 aliphatic carbocycles. The Kier molecular flexibility index (Phi) is 7.31. The van der Waals surface area contributed by atoms with Crippen molar-refractivity contribution in [1.29, 1.82) is 0 Å². The molecule has 0 aliphatic rings. The number of rotatable bonds is 8. The molecule has 0 radical (unpaired) electrons. The van der Waals surface area contributed by atoms with Crippen LogP contribution in [0.5, 0.6) is 17.2 Å². The minimum atomic E-state index is -0.692. The van der Waals surface area contributed by atoms with Crippen LogP contribution in [0.1, 0.15) is 15.9 Å². The van der Waals surface area contributed by atoms with Crippen LogP contribution in [0.15, 0.2) is 36.4 Å². The lowest BCUT2D eigenvalue weighted by molar-refractivity contribution is -0.124. The van der Waals surface area contributed by atoms with Gasteiger partial charge in [-0.25, -0.2) is 4.79 Å². The summed E-state index contributed by atoms with van der Waals surface area (Å²) in [4.78, 5) is 24.1. The maximum absolute atomic E-state index is 12.2. The zero-order valence-electron chi connectivity index (χ0n) is 15.2. The third kappa shape index (κ3) is 5.27. The van der Waals surface area contributed by atoms with Gasteiger partial charge in [0.05, 0.1) is 26.9 Å². The van der Waals surface area contributed by atoms with E-state index in [0.29, 0.717) is 22.3 Å². The van der Waals surface area contributed by atoms with Crippen LogP contribution in [0.2, 0.25) is 5.02 Å². The Morgan fingerprint density at radius 1 is 1.00 bits per heavy atom. The van der Waals surface area contributed by atoms with E-state index in [1.807, 2.05) is 6.07 Å². The number of benzene rings is 2. The first-order valence-electron chi connectivity index (χ1n) is 7.97. The van der Waals surface area contributed by atoms with Crippen molar-refractivity contribution in [3.8, 4) is 17.2 Å². The Labute approximate surface area is 162 Å². The molecule has 2 rings (SSSR count). The molecule has 0 saturated carbocycles. The van der Waals surface area contributed by atoms with Crippen molar-refractivity contribution in [2.75, 3.05) is 27.9 Å². The molecular formula is C19H20ClNO6. The molecule has 2 aromatic rings. The lowest BCUT2D eigenvalue weighted by Gasteiger charge is -2.13. The fraction of sp³-hybridized carbons (Fsp3) is 0.263. The summed E-state index contributed by atoms with van der Waals surface area (Å²) in [5.41, 5.74) is 0.937. The Morgan fingerprint density at radius 2 is 1.63 bits per heavy atom. The lowest BCUT2D eigenvalue weighted by atomic mass is 10.2. The van der Waals surface area contributed by atoms with E-state index < -0.39 is 18.5 Å². The Balaban J connectivity index is 1.97. The van der Waals surface area contributed by atoms with E-state index in [1.165, 1.54) is 33.5 Å². The van der Waals surface area contributed by atoms with E-state index in [-0.39, 0.29) is 12.1 Å². The third-order valence-electron chi connectivity index (χ3n) is 3.67. The molecule has 0 fully saturated rings. The number of carbonyl (C=O) groups excluding carboxylic acids is 2. The van der Waals surface area contributed by atoms with Gasteiger partial charge in [0, 0.05) is 11.6 Å². The van der Waals surface area contributed by atoms with Crippen LogP contribution in [0.3, 0.4) is 0 Å². The van der Waals surface area contributed by atoms with E-state index in [0.717, 1.165) is 5.56 Å². The van der Waals surface area contributed by atoms with E-state index in [1.54, 1.807) is 18.2 Å². The summed E-state index contributed by atoms with van der Waals surface area (Å²) in [7, 11) is 4.34. The minimum absolute atomic E-state index is 0.170. The first-order valence-corrected chi connectivity index (χ1v) is 8.35. The number of carbonyl (C=O) groups is 2. The predicted molar refractivity (Wildman–Crippen MR) is 99.7 cm³/mol. The van der Waals surface area contributed by atoms with Gasteiger partial charge in [-0.2, -0.15) is 0 Å². The standard InChI is InChI=1S/C19H20ClNO6/c1-24-15-8-13(9-16(25-2)18(15)26-3)19(23)27-11-17(22)21-10-12-6-4-5-7-14(12)20/h4-9H,10-11H2,1-3H3,(H,21,22). The summed E-state index contributed by atoms with van der Waals surface area (Å²) < 4.78 is 20.6. The Bertz CT molecular complexity index is 799. The smallest absolute Gasteiger partial charge is 0.338 e. The zero-order chi connectivity index (χ0) is 19.8. The van der Waals surface area contributed by atoms with Crippen LogP contribution in [-0.2, 0) is 16.1 Å². The highest BCUT2D eigenvalue weighted by Crippen LogP contribution is 2.38. The van der Waals surface area contributed by atoms with E-state index in [4.69, 9.17) is 30.5 Å². The summed E-state index contributed by atoms with van der Waals surface area (Å²) >= 11 is 6.03. The van der Waals surface area contributed by atoms with Gasteiger partial charge in [-0.3, -0.25) is 4.79 Å². The van der Waals surface area contributed by atoms with Crippen LogP contribution in [0.25, 0.3) is 0 Å². The number of hydrogen-bond acceptors (Lipinski definition) is 6. The molecule has 7 nitrogen and oxygen atoms in total. The largest absolute Gasteiger partial charge is 0.493 e. The van der Waals surface area contributed by atoms with Crippen molar-refractivity contribution >= 4 is 23.5 Å². The summed E-state index contributed by atoms with van der Waals surface area (Å²) in [5.74, 6) is -0.161. The Morgan fingerprint density at radius 3 is 2.19 bits per heavy atom. The van der Waals surface area contributed by atoms with Gasteiger partial charge in [0.1, 0.15) is 0 Å². The van der Waals surface area contributed by atoms with Crippen LogP contribution >= 0.6 is 11.6 Å². The molecule has 0 atom stereocenters. The second kappa shape index (κ2) is 9.68. The Hall–Kier alpha value is -2.93. The van der Waals surface area contributed by atoms with Crippen molar-refractivity contribution in [2.24, 2.45) is 0 Å². The van der Waals surface area contributed by atoms with Gasteiger partial charge in [0.25, 0.3) is 5.91 Å². The summed E-state index contributed by atoms with van der Waals surface area (Å²) in [6.45, 7) is -0.194. The first kappa shape index (κ1) is 20.4. The highest BCUT2D eigenvalue weighted by Gasteiger charge is 2.18. The van der Waals surface area contributed by atoms with Gasteiger partial charge in [-0.05, 0) is 23.8 Å². The number of methoxy groups -OCH3 is 3. The molecule has 0 spiro atoms. The molecule has 144 valence electrons. The fourth-order valence-electron chi connectivity index (χ4n) is 2.30. The molecule has 0 aromatic heterocycles. The average Bonchev–Trinajstić information content (AvgIpc) is 2.70. The first-order chi connectivity index (χ1) is 13.0. The number of amides is 1. The number of hydrogen-bond donors (Lipinski definition) is 1. The third-order valence-corrected chi connectivity index (χ3v) is 4.04. The molecule has 0 unspecified atom stereocenters. The highest BCUT2D eigenvalue weighted by molar-refractivity contribution is 6.31. The lowest BCUT2D eigenvalue weighted by Crippen LogP contribution is -2.28. The van der Waals surface area contributed by atoms with Gasteiger partial charge >= 0.3 is 5.97 Å². The van der Waals surface area contributed by atoms with E-state index in [2.05, 4.69) is 5.32 Å². The number of ether oxygens (including phenoxy) is 4. The zero-order valence-corrected chi connectivity index (χ0v) is 16.0. The molecule has 0 heterocycles. The molecular weight excluding hydrogens is 374 g/mol. The topological polar surface area (TPSA) is 83.1 Å². The number of esters is 1. The average molecular weight is 394 g/mol. The molecule has 2 aromatic carbocycles. The number of halogens is 1. The highest BCUT2D eigenvalue weighted by atomic mass is 35.5. The molecule has 0 saturated heterocycles. The van der Waals surface area contributed by atoms with Crippen LogP contribution in [-0.4, -0.2) is 39.8 Å². The monoisotopic (exact) mass is 393 g/mol. The van der Waals surface area contributed by atoms with Crippen LogP contribution in [0, 0.1) is 0 Å². The van der Waals surface area contributed by atoms with Gasteiger partial charge in [-0.1, -0.05) is 29.8 Å². The van der Waals surface area contributed by atoms with Gasteiger partial charge in [0.15, 0.2) is 18.1 Å². The molecule has 27 heavy (non-hydrogen) atoms. The second-order valence-electron chi connectivity index (χ2n) is 5.36. The van der Waals surface area contributed by atoms with Crippen molar-refractivity contribution in [3.05, 3.63) is 52.5 Å². The van der Waals surface area contributed by atoms with Crippen molar-refractivity contribution in [2.45, 2.75) is 6.54 Å². The minimum Gasteiger partial charge on any atom is -0.493 e. The summed E-state index contributed by atoms with van der Waals surface area (Å²) in [6, 6.07) is 10.0. The normalized spacial score (nSPS) is 10.1. The molecule has 0 bridgehead atoms. The van der Waals surface area contributed by atoms with Crippen molar-refractivity contribution < 1.29 is 28.5 Å². The predicted octanol–water partition coefficient (Wildman–Crippen LogP) is 2.84. The second-order valence-corrected chi connectivity index (χ2v) is 5.77. The number of nitrogens with one attached hydrogen (secondary N) is 1. The van der Waals surface area contributed by atoms with Crippen LogP contribution in [0.4, 0.5) is 0 Å². The maximum atomic E-state index is 12.2. The quantitative estimate of drug-likeness (QED) is 0.694. The van der Waals surface area contributed by atoms with E-state index >= 15 is 0 Å². The molecule has 0 aliphatic heterocycles. The van der Waals surface area contributed by atoms with Crippen molar-refractivity contribution in [3.63, 3.8) is 0 Å². The van der Waals surface area contributed by atoms with E-state index in [9.17, 15) is 9.59 Å². The summed E-state index contributed by atoms with van der Waals surface area (Å²) in [6.07, 6.45) is 0. The maximum Gasteiger partial charge on any atom is 0.338 e. The van der Waals surface area contributed by atoms with Gasteiger partial charge < -0.3 is 24.3 Å². The summed E-state index contributed by atoms with van der Waals surface area (Å²) in [5, 5.41) is 3.19. The molecule has 1 N–H and O–H groups in total. The van der Waals surface area contributed by atoms with Gasteiger partial charge in [-0.15, -0.1) is 0 Å². The van der Waals surface area contributed by atoms with Gasteiger partial charge in [0.2, 0.25) is 5.75 Å². The van der Waals surface area contributed by atoms with Crippen molar-refractivity contribution in [1.82, 2.24) is 5.32 Å². The fourth-order valence-corrected chi connectivity index (χ4v) is 2.50. The molecule has 8 heteroatoms. The molecule has 1 amide bonds. The SMILES string of the molecule is COc1cc(C(=O)OCC(=O)NCc2ccccc2Cl)cc(OC)c1OC. The van der Waals surface area contributed by atoms with Crippen LogP contribution < -0.4 is 19.5 Å².